The highest BCUT2D eigenvalue weighted by molar-refractivity contribution is 5.51. The van der Waals surface area contributed by atoms with Gasteiger partial charge in [-0.25, -0.2) is 0 Å². The maximum atomic E-state index is 10.1. The molecule has 1 N–H and O–H groups in total. The molecule has 0 saturated heterocycles. The van der Waals surface area contributed by atoms with Crippen LogP contribution < -0.4 is 0 Å². The standard InChI is InChI=1S/C7H15NO3.C3H8.C2H6/c1-11-7-4-8(2-5-9)3-6-10;1-3-2;1-2/h5,10H,2-4,6-7H2,1H3;3H2,1-2H3;1-2H3. The predicted molar refractivity (Wildman–Crippen MR) is 68.8 cm³/mol. The van der Waals surface area contributed by atoms with Gasteiger partial charge in [-0.05, 0) is 0 Å². The molecule has 0 atom stereocenters. The fourth-order valence-corrected chi connectivity index (χ4v) is 0.762. The maximum absolute atomic E-state index is 10.1. The number of nitrogens with zero attached hydrogens (tertiary/aromatic N) is 1. The molecule has 16 heavy (non-hydrogen) atoms. The Labute approximate surface area is 101 Å². The lowest BCUT2D eigenvalue weighted by Gasteiger charge is -2.16. The first-order valence-corrected chi connectivity index (χ1v) is 6.02. The Morgan fingerprint density at radius 1 is 1.25 bits per heavy atom. The van der Waals surface area contributed by atoms with Crippen molar-refractivity contribution < 1.29 is 14.6 Å². The van der Waals surface area contributed by atoms with Crippen molar-refractivity contribution in [3.05, 3.63) is 0 Å². The first-order valence-electron chi connectivity index (χ1n) is 6.02. The third-order valence-corrected chi connectivity index (χ3v) is 1.36. The molecule has 0 aliphatic carbocycles. The number of aliphatic hydroxyl groups excluding tert-OH is 1. The van der Waals surface area contributed by atoms with Crippen LogP contribution in [0.15, 0.2) is 0 Å². The van der Waals surface area contributed by atoms with E-state index in [0.29, 0.717) is 26.2 Å². The van der Waals surface area contributed by atoms with Gasteiger partial charge in [-0.3, -0.25) is 4.90 Å². The molecule has 4 heteroatoms. The summed E-state index contributed by atoms with van der Waals surface area (Å²) in [4.78, 5) is 11.9. The van der Waals surface area contributed by atoms with E-state index in [1.165, 1.54) is 6.42 Å². The van der Waals surface area contributed by atoms with Gasteiger partial charge in [-0.1, -0.05) is 34.1 Å². The van der Waals surface area contributed by atoms with Crippen molar-refractivity contribution in [1.82, 2.24) is 4.90 Å². The van der Waals surface area contributed by atoms with E-state index in [0.717, 1.165) is 6.29 Å². The highest BCUT2D eigenvalue weighted by Crippen LogP contribution is 1.84. The predicted octanol–water partition coefficient (Wildman–Crippen LogP) is 1.57. The number of aldehydes is 1. The smallest absolute Gasteiger partial charge is 0.133 e. The zero-order valence-corrected chi connectivity index (χ0v) is 11.5. The molecule has 0 aliphatic heterocycles. The first kappa shape index (κ1) is 20.9. The Kier molecular flexibility index (Phi) is 31.4. The summed E-state index contributed by atoms with van der Waals surface area (Å²) < 4.78 is 4.83. The van der Waals surface area contributed by atoms with E-state index in [2.05, 4.69) is 13.8 Å². The summed E-state index contributed by atoms with van der Waals surface area (Å²) in [5.41, 5.74) is 0. The minimum atomic E-state index is 0.0809. The van der Waals surface area contributed by atoms with E-state index >= 15 is 0 Å². The van der Waals surface area contributed by atoms with Crippen molar-refractivity contribution in [2.24, 2.45) is 0 Å². The minimum Gasteiger partial charge on any atom is -0.395 e. The summed E-state index contributed by atoms with van der Waals surface area (Å²) >= 11 is 0. The minimum absolute atomic E-state index is 0.0809. The number of hydrogen-bond acceptors (Lipinski definition) is 4. The number of methoxy groups -OCH3 is 1. The molecule has 0 heterocycles. The van der Waals surface area contributed by atoms with Crippen LogP contribution in [0.1, 0.15) is 34.1 Å². The van der Waals surface area contributed by atoms with Crippen molar-refractivity contribution in [3.63, 3.8) is 0 Å². The third kappa shape index (κ3) is 23.4. The maximum Gasteiger partial charge on any atom is 0.133 e. The van der Waals surface area contributed by atoms with Crippen molar-refractivity contribution in [3.8, 4) is 0 Å². The van der Waals surface area contributed by atoms with E-state index in [9.17, 15) is 4.79 Å². The van der Waals surface area contributed by atoms with E-state index in [1.54, 1.807) is 7.11 Å². The zero-order valence-electron chi connectivity index (χ0n) is 11.5. The average molecular weight is 235 g/mol. The van der Waals surface area contributed by atoms with Crippen LogP contribution in [-0.2, 0) is 9.53 Å². The number of carbonyl (C=O) groups excluding carboxylic acids is 1. The van der Waals surface area contributed by atoms with Gasteiger partial charge in [0.05, 0.1) is 19.8 Å². The normalized spacial score (nSPS) is 8.69. The van der Waals surface area contributed by atoms with Crippen LogP contribution in [0.2, 0.25) is 0 Å². The summed E-state index contributed by atoms with van der Waals surface area (Å²) in [6, 6.07) is 0. The van der Waals surface area contributed by atoms with Crippen LogP contribution in [0.25, 0.3) is 0 Å². The Morgan fingerprint density at radius 3 is 2.06 bits per heavy atom. The highest BCUT2D eigenvalue weighted by atomic mass is 16.5. The fraction of sp³-hybridized carbons (Fsp3) is 0.917. The molecule has 0 bridgehead atoms. The summed E-state index contributed by atoms with van der Waals surface area (Å²) in [5, 5.41) is 8.56. The van der Waals surface area contributed by atoms with Crippen LogP contribution >= 0.6 is 0 Å². The molecule has 0 aliphatic rings. The molecule has 0 rings (SSSR count). The van der Waals surface area contributed by atoms with Gasteiger partial charge in [-0.2, -0.15) is 0 Å². The second kappa shape index (κ2) is 24.0. The molecule has 0 unspecified atom stereocenters. The van der Waals surface area contributed by atoms with Crippen LogP contribution in [0.5, 0.6) is 0 Å². The Hall–Kier alpha value is -0.450. The van der Waals surface area contributed by atoms with Gasteiger partial charge < -0.3 is 14.6 Å². The molecule has 0 aromatic heterocycles. The SMILES string of the molecule is CC.CCC.COCCN(CC=O)CCO. The Bertz CT molecular complexity index is 110. The van der Waals surface area contributed by atoms with Gasteiger partial charge in [0.25, 0.3) is 0 Å². The average Bonchev–Trinajstić information content (AvgIpc) is 2.30. The van der Waals surface area contributed by atoms with Gasteiger partial charge >= 0.3 is 0 Å². The number of aliphatic hydroxyl groups is 1. The number of ether oxygens (including phenoxy) is 1. The molecule has 0 spiro atoms. The van der Waals surface area contributed by atoms with Crippen molar-refractivity contribution in [2.75, 3.05) is 40.0 Å². The summed E-state index contributed by atoms with van der Waals surface area (Å²) in [7, 11) is 1.61. The first-order chi connectivity index (χ1) is 7.76. The molecular weight excluding hydrogens is 206 g/mol. The van der Waals surface area contributed by atoms with Crippen LogP contribution in [0, 0.1) is 0 Å². The molecule has 100 valence electrons. The van der Waals surface area contributed by atoms with E-state index < -0.39 is 0 Å². The fourth-order valence-electron chi connectivity index (χ4n) is 0.762. The quantitative estimate of drug-likeness (QED) is 0.681. The van der Waals surface area contributed by atoms with E-state index in [1.807, 2.05) is 18.7 Å². The highest BCUT2D eigenvalue weighted by Gasteiger charge is 2.01. The molecule has 4 nitrogen and oxygen atoms in total. The molecule has 0 amide bonds. The molecular formula is C12H29NO3. The van der Waals surface area contributed by atoms with Gasteiger partial charge in [0.1, 0.15) is 6.29 Å². The monoisotopic (exact) mass is 235 g/mol. The summed E-state index contributed by atoms with van der Waals surface area (Å²) in [5.74, 6) is 0. The summed E-state index contributed by atoms with van der Waals surface area (Å²) in [6.07, 6.45) is 2.07. The lowest BCUT2D eigenvalue weighted by Crippen LogP contribution is -2.31. The second-order valence-corrected chi connectivity index (χ2v) is 2.89. The van der Waals surface area contributed by atoms with Crippen LogP contribution in [-0.4, -0.2) is 56.3 Å². The summed E-state index contributed by atoms with van der Waals surface area (Å²) in [6.45, 7) is 10.5. The van der Waals surface area contributed by atoms with E-state index in [-0.39, 0.29) is 6.61 Å². The van der Waals surface area contributed by atoms with Gasteiger partial charge in [0.2, 0.25) is 0 Å². The van der Waals surface area contributed by atoms with E-state index in [4.69, 9.17) is 9.84 Å². The Balaban J connectivity index is -0.000000289. The molecule has 0 saturated carbocycles. The molecule has 0 fully saturated rings. The second-order valence-electron chi connectivity index (χ2n) is 2.89. The van der Waals surface area contributed by atoms with Gasteiger partial charge in [-0.15, -0.1) is 0 Å². The van der Waals surface area contributed by atoms with Gasteiger partial charge in [0, 0.05) is 20.2 Å². The van der Waals surface area contributed by atoms with Crippen LogP contribution in [0.3, 0.4) is 0 Å². The van der Waals surface area contributed by atoms with Gasteiger partial charge in [0.15, 0.2) is 0 Å². The third-order valence-electron chi connectivity index (χ3n) is 1.36. The Morgan fingerprint density at radius 2 is 1.75 bits per heavy atom. The lowest BCUT2D eigenvalue weighted by molar-refractivity contribution is -0.109. The molecule has 0 radical (unpaired) electrons. The number of carbonyl (C=O) groups is 1. The molecule has 0 aromatic rings. The largest absolute Gasteiger partial charge is 0.395 e. The molecule has 0 aromatic carbocycles. The lowest BCUT2D eigenvalue weighted by atomic mass is 10.5. The van der Waals surface area contributed by atoms with Crippen LogP contribution in [0.4, 0.5) is 0 Å². The van der Waals surface area contributed by atoms with Crippen molar-refractivity contribution in [1.29, 1.82) is 0 Å². The topological polar surface area (TPSA) is 49.8 Å². The van der Waals surface area contributed by atoms with Crippen molar-refractivity contribution >= 4 is 6.29 Å². The number of hydrogen-bond donors (Lipinski definition) is 1. The number of rotatable bonds is 7. The van der Waals surface area contributed by atoms with Crippen molar-refractivity contribution in [2.45, 2.75) is 34.1 Å². The zero-order chi connectivity index (χ0) is 13.2.